The van der Waals surface area contributed by atoms with Crippen molar-refractivity contribution in [1.82, 2.24) is 9.55 Å². The minimum Gasteiger partial charge on any atom is -0.480 e. The van der Waals surface area contributed by atoms with Crippen molar-refractivity contribution in [2.24, 2.45) is 5.92 Å². The predicted octanol–water partition coefficient (Wildman–Crippen LogP) is 4.10. The van der Waals surface area contributed by atoms with Crippen LogP contribution in [0.5, 0.6) is 0 Å². The molecule has 0 aliphatic carbocycles. The first kappa shape index (κ1) is 16.2. The molecule has 0 spiro atoms. The van der Waals surface area contributed by atoms with E-state index in [-0.39, 0.29) is 5.92 Å². The van der Waals surface area contributed by atoms with Gasteiger partial charge in [0.2, 0.25) is 0 Å². The van der Waals surface area contributed by atoms with Crippen molar-refractivity contribution in [2.75, 3.05) is 0 Å². The van der Waals surface area contributed by atoms with Gasteiger partial charge in [-0.15, -0.1) is 0 Å². The summed E-state index contributed by atoms with van der Waals surface area (Å²) < 4.78 is 1.91. The van der Waals surface area contributed by atoms with Crippen LogP contribution in [0, 0.1) is 5.92 Å². The van der Waals surface area contributed by atoms with E-state index in [1.165, 1.54) is 5.56 Å². The maximum absolute atomic E-state index is 11.9. The molecule has 0 saturated carbocycles. The molecule has 2 aromatic carbocycles. The number of hydrogen-bond acceptors (Lipinski definition) is 2. The Balaban J connectivity index is 2.03. The third kappa shape index (κ3) is 3.18. The number of fused-ring (bicyclic) bond motifs is 1. The van der Waals surface area contributed by atoms with Crippen LogP contribution in [-0.2, 0) is 17.6 Å². The molecule has 1 aromatic heterocycles. The molecule has 3 rings (SSSR count). The Morgan fingerprint density at radius 3 is 2.38 bits per heavy atom. The lowest BCUT2D eigenvalue weighted by Crippen LogP contribution is -2.26. The molecular formula is C20H22N2O2. The monoisotopic (exact) mass is 322 g/mol. The van der Waals surface area contributed by atoms with Crippen molar-refractivity contribution in [3.63, 3.8) is 0 Å². The van der Waals surface area contributed by atoms with Crippen LogP contribution in [0.2, 0.25) is 0 Å². The van der Waals surface area contributed by atoms with Gasteiger partial charge in [-0.3, -0.25) is 0 Å². The number of nitrogens with zero attached hydrogens (tertiary/aromatic N) is 2. The quantitative estimate of drug-likeness (QED) is 0.743. The molecule has 0 fully saturated rings. The van der Waals surface area contributed by atoms with E-state index < -0.39 is 12.0 Å². The van der Waals surface area contributed by atoms with Gasteiger partial charge in [0.05, 0.1) is 11.0 Å². The van der Waals surface area contributed by atoms with Crippen LogP contribution in [0.15, 0.2) is 54.6 Å². The minimum absolute atomic E-state index is 0.0180. The average molecular weight is 322 g/mol. The van der Waals surface area contributed by atoms with Gasteiger partial charge < -0.3 is 9.67 Å². The van der Waals surface area contributed by atoms with Crippen molar-refractivity contribution < 1.29 is 9.90 Å². The number of aliphatic carboxylic acids is 1. The van der Waals surface area contributed by atoms with E-state index >= 15 is 0 Å². The number of aryl methyl sites for hydroxylation is 2. The van der Waals surface area contributed by atoms with Gasteiger partial charge in [-0.2, -0.15) is 0 Å². The summed E-state index contributed by atoms with van der Waals surface area (Å²) in [4.78, 5) is 16.6. The second-order valence-corrected chi connectivity index (χ2v) is 6.40. The highest BCUT2D eigenvalue weighted by atomic mass is 16.4. The molecule has 0 radical (unpaired) electrons. The van der Waals surface area contributed by atoms with Gasteiger partial charge in [0, 0.05) is 6.42 Å². The Hall–Kier alpha value is -2.62. The lowest BCUT2D eigenvalue weighted by Gasteiger charge is -2.21. The topological polar surface area (TPSA) is 55.1 Å². The average Bonchev–Trinajstić information content (AvgIpc) is 2.92. The zero-order valence-electron chi connectivity index (χ0n) is 14.0. The SMILES string of the molecule is CC(C)C(C(=O)O)n1c(CCc2ccccc2)nc2ccccc21. The maximum atomic E-state index is 11.9. The first-order valence-corrected chi connectivity index (χ1v) is 8.30. The van der Waals surface area contributed by atoms with E-state index in [4.69, 9.17) is 4.98 Å². The van der Waals surface area contributed by atoms with Crippen LogP contribution in [-0.4, -0.2) is 20.6 Å². The number of para-hydroxylation sites is 2. The maximum Gasteiger partial charge on any atom is 0.327 e. The second-order valence-electron chi connectivity index (χ2n) is 6.40. The highest BCUT2D eigenvalue weighted by Gasteiger charge is 2.27. The Morgan fingerprint density at radius 1 is 1.04 bits per heavy atom. The number of benzene rings is 2. The number of carbonyl (C=O) groups is 1. The number of carboxylic acids is 1. The summed E-state index contributed by atoms with van der Waals surface area (Å²) in [5.41, 5.74) is 2.97. The molecule has 1 heterocycles. The van der Waals surface area contributed by atoms with Crippen molar-refractivity contribution >= 4 is 17.0 Å². The molecule has 4 nitrogen and oxygen atoms in total. The zero-order valence-corrected chi connectivity index (χ0v) is 14.0. The summed E-state index contributed by atoms with van der Waals surface area (Å²) in [5.74, 6) is 0.00542. The Kier molecular flexibility index (Phi) is 4.65. The zero-order chi connectivity index (χ0) is 17.1. The lowest BCUT2D eigenvalue weighted by molar-refractivity contribution is -0.142. The molecule has 0 saturated heterocycles. The van der Waals surface area contributed by atoms with Gasteiger partial charge in [0.25, 0.3) is 0 Å². The van der Waals surface area contributed by atoms with E-state index in [0.29, 0.717) is 0 Å². The van der Waals surface area contributed by atoms with Crippen LogP contribution in [0.3, 0.4) is 0 Å². The number of imidazole rings is 1. The number of aromatic nitrogens is 2. The lowest BCUT2D eigenvalue weighted by atomic mass is 10.0. The highest BCUT2D eigenvalue weighted by molar-refractivity contribution is 5.80. The van der Waals surface area contributed by atoms with Crippen LogP contribution in [0.1, 0.15) is 31.3 Å². The van der Waals surface area contributed by atoms with E-state index in [0.717, 1.165) is 29.7 Å². The molecule has 124 valence electrons. The standard InChI is InChI=1S/C20H22N2O2/c1-14(2)19(20(23)24)22-17-11-7-6-10-16(17)21-18(22)13-12-15-8-4-3-5-9-15/h3-11,14,19H,12-13H2,1-2H3,(H,23,24). The number of rotatable bonds is 6. The van der Waals surface area contributed by atoms with Crippen molar-refractivity contribution in [2.45, 2.75) is 32.7 Å². The van der Waals surface area contributed by atoms with Crippen LogP contribution < -0.4 is 0 Å². The van der Waals surface area contributed by atoms with Crippen LogP contribution >= 0.6 is 0 Å². The third-order valence-electron chi connectivity index (χ3n) is 4.31. The molecular weight excluding hydrogens is 300 g/mol. The summed E-state index contributed by atoms with van der Waals surface area (Å²) in [6.45, 7) is 3.88. The predicted molar refractivity (Wildman–Crippen MR) is 95.1 cm³/mol. The molecule has 0 aliphatic rings. The molecule has 1 N–H and O–H groups in total. The van der Waals surface area contributed by atoms with Gasteiger partial charge in [-0.05, 0) is 30.0 Å². The summed E-state index contributed by atoms with van der Waals surface area (Å²) in [6.07, 6.45) is 1.56. The molecule has 24 heavy (non-hydrogen) atoms. The largest absolute Gasteiger partial charge is 0.480 e. The first-order chi connectivity index (χ1) is 11.6. The highest BCUT2D eigenvalue weighted by Crippen LogP contribution is 2.27. The fraction of sp³-hybridized carbons (Fsp3) is 0.300. The van der Waals surface area contributed by atoms with E-state index in [1.54, 1.807) is 0 Å². The van der Waals surface area contributed by atoms with Gasteiger partial charge in [0.1, 0.15) is 11.9 Å². The summed E-state index contributed by atoms with van der Waals surface area (Å²) in [7, 11) is 0. The number of carboxylic acid groups (broad SMARTS) is 1. The summed E-state index contributed by atoms with van der Waals surface area (Å²) >= 11 is 0. The fourth-order valence-electron chi connectivity index (χ4n) is 3.18. The fourth-order valence-corrected chi connectivity index (χ4v) is 3.18. The van der Waals surface area contributed by atoms with Crippen molar-refractivity contribution in [3.05, 3.63) is 66.0 Å². The van der Waals surface area contributed by atoms with Gasteiger partial charge >= 0.3 is 5.97 Å². The smallest absolute Gasteiger partial charge is 0.327 e. The second kappa shape index (κ2) is 6.87. The van der Waals surface area contributed by atoms with E-state index in [2.05, 4.69) is 12.1 Å². The molecule has 1 atom stereocenters. The summed E-state index contributed by atoms with van der Waals surface area (Å²) in [5, 5.41) is 9.74. The molecule has 0 bridgehead atoms. The van der Waals surface area contributed by atoms with Gasteiger partial charge in [0.15, 0.2) is 0 Å². The van der Waals surface area contributed by atoms with E-state index in [9.17, 15) is 9.90 Å². The number of hydrogen-bond donors (Lipinski definition) is 1. The van der Waals surface area contributed by atoms with Crippen molar-refractivity contribution in [1.29, 1.82) is 0 Å². The summed E-state index contributed by atoms with van der Waals surface area (Å²) in [6, 6.07) is 17.4. The molecule has 0 amide bonds. The Morgan fingerprint density at radius 2 is 1.71 bits per heavy atom. The molecule has 3 aromatic rings. The third-order valence-corrected chi connectivity index (χ3v) is 4.31. The van der Waals surface area contributed by atoms with Gasteiger partial charge in [-0.25, -0.2) is 9.78 Å². The van der Waals surface area contributed by atoms with Gasteiger partial charge in [-0.1, -0.05) is 56.3 Å². The Bertz CT molecular complexity index is 837. The molecule has 4 heteroatoms. The normalized spacial score (nSPS) is 12.6. The van der Waals surface area contributed by atoms with Crippen molar-refractivity contribution in [3.8, 4) is 0 Å². The molecule has 1 unspecified atom stereocenters. The first-order valence-electron chi connectivity index (χ1n) is 8.30. The minimum atomic E-state index is -0.811. The van der Waals surface area contributed by atoms with Crippen LogP contribution in [0.25, 0.3) is 11.0 Å². The van der Waals surface area contributed by atoms with E-state index in [1.807, 2.05) is 60.9 Å². The Labute approximate surface area is 141 Å². The van der Waals surface area contributed by atoms with Crippen LogP contribution in [0.4, 0.5) is 0 Å². The molecule has 0 aliphatic heterocycles.